The fourth-order valence-electron chi connectivity index (χ4n) is 3.61. The Hall–Kier alpha value is -3.12. The summed E-state index contributed by atoms with van der Waals surface area (Å²) in [5.74, 6) is -0.120. The number of fused-ring (bicyclic) bond motifs is 2. The SMILES string of the molecule is O=C1c2c(O)cccc2C(c2ccc3[nH][c]nc3c2)N1Cc1cccs1. The summed E-state index contributed by atoms with van der Waals surface area (Å²) in [6, 6.07) is 14.9. The van der Waals surface area contributed by atoms with E-state index in [4.69, 9.17) is 0 Å². The lowest BCUT2D eigenvalue weighted by molar-refractivity contribution is 0.0736. The standard InChI is InChI=1S/C20H14N3O2S/c24-17-5-1-4-14-18(17)20(25)23(10-13-3-2-8-26-13)19(14)12-6-7-15-16(9-12)22-11-21-15/h1-9,19,24H,10H2,(H,21,22). The number of carbonyl (C=O) groups excluding carboxylic acids is 1. The number of nitrogens with zero attached hydrogens (tertiary/aromatic N) is 2. The normalized spacial score (nSPS) is 16.4. The van der Waals surface area contributed by atoms with Crippen molar-refractivity contribution in [2.75, 3.05) is 0 Å². The van der Waals surface area contributed by atoms with E-state index < -0.39 is 0 Å². The van der Waals surface area contributed by atoms with E-state index >= 15 is 0 Å². The van der Waals surface area contributed by atoms with Gasteiger partial charge in [0.1, 0.15) is 5.75 Å². The van der Waals surface area contributed by atoms with Gasteiger partial charge in [-0.1, -0.05) is 24.3 Å². The van der Waals surface area contributed by atoms with Crippen LogP contribution >= 0.6 is 11.3 Å². The Bertz CT molecular complexity index is 1120. The van der Waals surface area contributed by atoms with Crippen molar-refractivity contribution < 1.29 is 9.90 Å². The summed E-state index contributed by atoms with van der Waals surface area (Å²) >= 11 is 1.62. The van der Waals surface area contributed by atoms with Gasteiger partial charge in [0.25, 0.3) is 5.91 Å². The third-order valence-electron chi connectivity index (χ3n) is 4.77. The quantitative estimate of drug-likeness (QED) is 0.583. The highest BCUT2D eigenvalue weighted by Crippen LogP contribution is 2.43. The van der Waals surface area contributed by atoms with Crippen LogP contribution in [0.25, 0.3) is 11.0 Å². The average Bonchev–Trinajstić information content (AvgIpc) is 3.36. The first kappa shape index (κ1) is 15.2. The Morgan fingerprint density at radius 3 is 3.00 bits per heavy atom. The van der Waals surface area contributed by atoms with Gasteiger partial charge in [-0.3, -0.25) is 4.79 Å². The van der Waals surface area contributed by atoms with Gasteiger partial charge in [-0.15, -0.1) is 11.3 Å². The highest BCUT2D eigenvalue weighted by Gasteiger charge is 2.39. The van der Waals surface area contributed by atoms with Gasteiger partial charge in [0.05, 0.1) is 29.2 Å². The highest BCUT2D eigenvalue weighted by atomic mass is 32.1. The molecule has 0 fully saturated rings. The molecule has 0 spiro atoms. The van der Waals surface area contributed by atoms with Gasteiger partial charge in [-0.05, 0) is 40.8 Å². The van der Waals surface area contributed by atoms with E-state index in [9.17, 15) is 9.90 Å². The van der Waals surface area contributed by atoms with Crippen LogP contribution in [-0.2, 0) is 6.54 Å². The van der Waals surface area contributed by atoms with E-state index in [0.717, 1.165) is 27.0 Å². The first-order valence-corrected chi connectivity index (χ1v) is 9.11. The monoisotopic (exact) mass is 360 g/mol. The van der Waals surface area contributed by atoms with E-state index in [2.05, 4.69) is 16.3 Å². The van der Waals surface area contributed by atoms with E-state index in [0.29, 0.717) is 12.1 Å². The van der Waals surface area contributed by atoms with Gasteiger partial charge in [0.15, 0.2) is 6.33 Å². The van der Waals surface area contributed by atoms with Crippen LogP contribution < -0.4 is 0 Å². The number of amides is 1. The number of nitrogens with one attached hydrogen (secondary N) is 1. The van der Waals surface area contributed by atoms with Crippen molar-refractivity contribution in [2.24, 2.45) is 0 Å². The Labute approximate surface area is 153 Å². The molecule has 1 atom stereocenters. The molecule has 26 heavy (non-hydrogen) atoms. The average molecular weight is 360 g/mol. The van der Waals surface area contributed by atoms with Gasteiger partial charge in [0.2, 0.25) is 0 Å². The van der Waals surface area contributed by atoms with Crippen LogP contribution in [0.3, 0.4) is 0 Å². The minimum absolute atomic E-state index is 0.0281. The number of aromatic amines is 1. The third kappa shape index (κ3) is 2.23. The molecule has 1 aliphatic rings. The van der Waals surface area contributed by atoms with Crippen LogP contribution in [0.15, 0.2) is 53.9 Å². The van der Waals surface area contributed by atoms with Crippen molar-refractivity contribution in [3.05, 3.63) is 81.8 Å². The zero-order chi connectivity index (χ0) is 17.7. The molecule has 2 N–H and O–H groups in total. The lowest BCUT2D eigenvalue weighted by Crippen LogP contribution is -2.27. The number of hydrogen-bond acceptors (Lipinski definition) is 4. The van der Waals surface area contributed by atoms with Crippen molar-refractivity contribution in [1.29, 1.82) is 0 Å². The summed E-state index contributed by atoms with van der Waals surface area (Å²) in [5.41, 5.74) is 3.89. The second-order valence-electron chi connectivity index (χ2n) is 6.28. The number of phenolic OH excluding ortho intramolecular Hbond substituents is 1. The molecule has 0 aliphatic carbocycles. The van der Waals surface area contributed by atoms with Crippen molar-refractivity contribution in [3.63, 3.8) is 0 Å². The predicted molar refractivity (Wildman–Crippen MR) is 99.1 cm³/mol. The molecule has 1 radical (unpaired) electrons. The molecular weight excluding hydrogens is 346 g/mol. The smallest absolute Gasteiger partial charge is 0.259 e. The maximum atomic E-state index is 13.1. The largest absolute Gasteiger partial charge is 0.507 e. The highest BCUT2D eigenvalue weighted by molar-refractivity contribution is 7.09. The molecule has 1 amide bonds. The molecule has 1 unspecified atom stereocenters. The van der Waals surface area contributed by atoms with Crippen LogP contribution in [-0.4, -0.2) is 25.9 Å². The minimum Gasteiger partial charge on any atom is -0.507 e. The summed E-state index contributed by atoms with van der Waals surface area (Å²) in [5, 5.41) is 12.3. The Morgan fingerprint density at radius 2 is 2.15 bits per heavy atom. The number of thiophene rings is 1. The molecule has 127 valence electrons. The molecule has 1 aliphatic heterocycles. The van der Waals surface area contributed by atoms with Gasteiger partial charge in [0, 0.05) is 4.88 Å². The number of carbonyl (C=O) groups is 1. The molecule has 3 heterocycles. The minimum atomic E-state index is -0.257. The van der Waals surface area contributed by atoms with E-state index in [-0.39, 0.29) is 17.7 Å². The first-order chi connectivity index (χ1) is 12.7. The number of H-pyrrole nitrogens is 1. The molecule has 2 aromatic carbocycles. The first-order valence-electron chi connectivity index (χ1n) is 8.23. The summed E-state index contributed by atoms with van der Waals surface area (Å²) in [4.78, 5) is 23.2. The fraction of sp³-hybridized carbons (Fsp3) is 0.100. The second kappa shape index (κ2) is 5.71. The van der Waals surface area contributed by atoms with Crippen molar-refractivity contribution >= 4 is 28.3 Å². The molecule has 5 nitrogen and oxygen atoms in total. The zero-order valence-electron chi connectivity index (χ0n) is 13.6. The Balaban J connectivity index is 1.67. The third-order valence-corrected chi connectivity index (χ3v) is 5.63. The summed E-state index contributed by atoms with van der Waals surface area (Å²) < 4.78 is 0. The number of rotatable bonds is 3. The van der Waals surface area contributed by atoms with Gasteiger partial charge >= 0.3 is 0 Å². The van der Waals surface area contributed by atoms with Crippen molar-refractivity contribution in [2.45, 2.75) is 12.6 Å². The number of hydrogen-bond donors (Lipinski definition) is 2. The van der Waals surface area contributed by atoms with Crippen LogP contribution in [0.2, 0.25) is 0 Å². The van der Waals surface area contributed by atoms with Gasteiger partial charge in [-0.25, -0.2) is 4.98 Å². The predicted octanol–water partition coefficient (Wildman–Crippen LogP) is 3.88. The molecule has 0 bridgehead atoms. The molecule has 0 saturated carbocycles. The topological polar surface area (TPSA) is 69.2 Å². The molecule has 0 saturated heterocycles. The Kier molecular flexibility index (Phi) is 3.33. The molecule has 6 heteroatoms. The number of aromatic hydroxyl groups is 1. The van der Waals surface area contributed by atoms with Gasteiger partial charge < -0.3 is 15.0 Å². The van der Waals surface area contributed by atoms with Crippen LogP contribution in [0, 0.1) is 6.33 Å². The Morgan fingerprint density at radius 1 is 1.23 bits per heavy atom. The maximum absolute atomic E-state index is 13.1. The lowest BCUT2D eigenvalue weighted by Gasteiger charge is -2.25. The maximum Gasteiger partial charge on any atom is 0.259 e. The van der Waals surface area contributed by atoms with E-state index in [1.807, 2.05) is 46.7 Å². The summed E-state index contributed by atoms with van der Waals surface area (Å²) in [6.07, 6.45) is 2.75. The van der Waals surface area contributed by atoms with Crippen molar-refractivity contribution in [1.82, 2.24) is 14.9 Å². The van der Waals surface area contributed by atoms with Crippen LogP contribution in [0.4, 0.5) is 0 Å². The second-order valence-corrected chi connectivity index (χ2v) is 7.31. The fourth-order valence-corrected chi connectivity index (χ4v) is 4.31. The molecule has 5 rings (SSSR count). The zero-order valence-corrected chi connectivity index (χ0v) is 14.5. The molecular formula is C20H14N3O2S. The lowest BCUT2D eigenvalue weighted by atomic mass is 9.97. The van der Waals surface area contributed by atoms with Crippen LogP contribution in [0.1, 0.15) is 32.4 Å². The summed E-state index contributed by atoms with van der Waals surface area (Å²) in [7, 11) is 0. The van der Waals surface area contributed by atoms with Crippen molar-refractivity contribution in [3.8, 4) is 5.75 Å². The van der Waals surface area contributed by atoms with Gasteiger partial charge in [-0.2, -0.15) is 0 Å². The molecule has 2 aromatic heterocycles. The van der Waals surface area contributed by atoms with E-state index in [1.54, 1.807) is 23.5 Å². The number of imidazole rings is 1. The molecule has 4 aromatic rings. The summed E-state index contributed by atoms with van der Waals surface area (Å²) in [6.45, 7) is 0.500. The number of benzene rings is 2. The number of aromatic nitrogens is 2. The number of phenols is 1. The van der Waals surface area contributed by atoms with Crippen LogP contribution in [0.5, 0.6) is 5.75 Å². The van der Waals surface area contributed by atoms with E-state index in [1.165, 1.54) is 0 Å².